The SMILES string of the molecule is N=C1NC(=O)C(=Cc2ccc(-c3cc([N+](=O)[O-])ccc3Br)o2)S1. The van der Waals surface area contributed by atoms with Gasteiger partial charge in [0.15, 0.2) is 5.17 Å². The molecule has 3 rings (SSSR count). The standard InChI is InChI=1S/C14H8BrN3O4S/c15-10-3-1-7(18(20)21)5-9(10)11-4-2-8(22-11)6-12-13(19)17-14(16)23-12/h1-6H,(H2,16,17,19). The molecule has 0 aliphatic carbocycles. The van der Waals surface area contributed by atoms with Gasteiger partial charge in [0, 0.05) is 28.2 Å². The summed E-state index contributed by atoms with van der Waals surface area (Å²) in [6.07, 6.45) is 1.52. The normalized spacial score (nSPS) is 16.0. The fourth-order valence-corrected chi connectivity index (χ4v) is 3.09. The Morgan fingerprint density at radius 1 is 1.35 bits per heavy atom. The third-order valence-electron chi connectivity index (χ3n) is 2.99. The number of nitrogens with one attached hydrogen (secondary N) is 2. The van der Waals surface area contributed by atoms with Gasteiger partial charge in [-0.25, -0.2) is 0 Å². The summed E-state index contributed by atoms with van der Waals surface area (Å²) < 4.78 is 6.30. The van der Waals surface area contributed by atoms with Crippen molar-refractivity contribution in [1.29, 1.82) is 5.41 Å². The Hall–Kier alpha value is -2.39. The first-order chi connectivity index (χ1) is 10.9. The van der Waals surface area contributed by atoms with Gasteiger partial charge in [-0.1, -0.05) is 15.9 Å². The van der Waals surface area contributed by atoms with Gasteiger partial charge in [-0.15, -0.1) is 0 Å². The number of carbonyl (C=O) groups is 1. The van der Waals surface area contributed by atoms with Crippen LogP contribution in [0.2, 0.25) is 0 Å². The van der Waals surface area contributed by atoms with Crippen molar-refractivity contribution in [3.8, 4) is 11.3 Å². The van der Waals surface area contributed by atoms with Crippen LogP contribution >= 0.6 is 27.7 Å². The Morgan fingerprint density at radius 3 is 2.78 bits per heavy atom. The lowest BCUT2D eigenvalue weighted by Gasteiger charge is -2.01. The van der Waals surface area contributed by atoms with Crippen LogP contribution in [0.1, 0.15) is 5.76 Å². The molecule has 1 aromatic heterocycles. The molecule has 0 saturated carbocycles. The smallest absolute Gasteiger partial charge is 0.270 e. The second-order valence-electron chi connectivity index (χ2n) is 4.52. The number of hydrogen-bond donors (Lipinski definition) is 2. The van der Waals surface area contributed by atoms with Crippen LogP contribution in [0, 0.1) is 15.5 Å². The topological polar surface area (TPSA) is 109 Å². The molecule has 0 unspecified atom stereocenters. The highest BCUT2D eigenvalue weighted by molar-refractivity contribution is 9.10. The van der Waals surface area contributed by atoms with E-state index in [2.05, 4.69) is 21.2 Å². The number of benzene rings is 1. The summed E-state index contributed by atoms with van der Waals surface area (Å²) in [6, 6.07) is 7.70. The van der Waals surface area contributed by atoms with Crippen LogP contribution in [-0.2, 0) is 4.79 Å². The second kappa shape index (κ2) is 6.01. The molecule has 2 N–H and O–H groups in total. The number of thioether (sulfide) groups is 1. The molecule has 9 heteroatoms. The number of amides is 1. The fourth-order valence-electron chi connectivity index (χ4n) is 1.96. The van der Waals surface area contributed by atoms with Gasteiger partial charge in [-0.2, -0.15) is 0 Å². The summed E-state index contributed by atoms with van der Waals surface area (Å²) in [7, 11) is 0. The third-order valence-corrected chi connectivity index (χ3v) is 4.51. The van der Waals surface area contributed by atoms with Crippen molar-refractivity contribution in [2.45, 2.75) is 0 Å². The lowest BCUT2D eigenvalue weighted by Crippen LogP contribution is -2.18. The Kier molecular flexibility index (Phi) is 4.05. The predicted molar refractivity (Wildman–Crippen MR) is 89.9 cm³/mol. The highest BCUT2D eigenvalue weighted by atomic mass is 79.9. The molecule has 1 fully saturated rings. The number of nitro benzene ring substituents is 1. The number of nitro groups is 1. The molecular weight excluding hydrogens is 386 g/mol. The van der Waals surface area contributed by atoms with Crippen molar-refractivity contribution in [3.05, 3.63) is 55.6 Å². The van der Waals surface area contributed by atoms with Crippen molar-refractivity contribution in [1.82, 2.24) is 5.32 Å². The van der Waals surface area contributed by atoms with Crippen LogP contribution in [-0.4, -0.2) is 16.0 Å². The molecule has 1 aliphatic rings. The Bertz CT molecular complexity index is 875. The van der Waals surface area contributed by atoms with Crippen LogP contribution in [0.5, 0.6) is 0 Å². The second-order valence-corrected chi connectivity index (χ2v) is 6.42. The molecule has 1 amide bonds. The molecule has 7 nitrogen and oxygen atoms in total. The number of furan rings is 1. The van der Waals surface area contributed by atoms with Gasteiger partial charge in [-0.3, -0.25) is 20.3 Å². The number of amidine groups is 1. The van der Waals surface area contributed by atoms with E-state index in [4.69, 9.17) is 9.83 Å². The maximum absolute atomic E-state index is 11.6. The van der Waals surface area contributed by atoms with Crippen LogP contribution < -0.4 is 5.32 Å². The average Bonchev–Trinajstić information content (AvgIpc) is 3.06. The predicted octanol–water partition coefficient (Wildman–Crippen LogP) is 3.76. The molecule has 1 saturated heterocycles. The van der Waals surface area contributed by atoms with Gasteiger partial charge < -0.3 is 9.73 Å². The quantitative estimate of drug-likeness (QED) is 0.468. The Labute approximate surface area is 142 Å². The summed E-state index contributed by atoms with van der Waals surface area (Å²) in [5.74, 6) is 0.506. The lowest BCUT2D eigenvalue weighted by atomic mass is 10.1. The van der Waals surface area contributed by atoms with E-state index in [1.165, 1.54) is 18.2 Å². The summed E-state index contributed by atoms with van der Waals surface area (Å²) >= 11 is 4.35. The summed E-state index contributed by atoms with van der Waals surface area (Å²) in [4.78, 5) is 22.3. The molecule has 1 aromatic carbocycles. The molecule has 1 aliphatic heterocycles. The van der Waals surface area contributed by atoms with Crippen LogP contribution in [0.4, 0.5) is 5.69 Å². The molecule has 0 bridgehead atoms. The molecular formula is C14H8BrN3O4S. The van der Waals surface area contributed by atoms with Crippen molar-refractivity contribution in [2.75, 3.05) is 0 Å². The monoisotopic (exact) mass is 393 g/mol. The molecule has 0 atom stereocenters. The first-order valence-corrected chi connectivity index (χ1v) is 7.88. The molecule has 0 radical (unpaired) electrons. The van der Waals surface area contributed by atoms with Crippen LogP contribution in [0.3, 0.4) is 0 Å². The van der Waals surface area contributed by atoms with E-state index in [0.717, 1.165) is 11.8 Å². The minimum atomic E-state index is -0.479. The molecule has 2 aromatic rings. The zero-order valence-corrected chi connectivity index (χ0v) is 13.7. The van der Waals surface area contributed by atoms with E-state index in [9.17, 15) is 14.9 Å². The number of hydrogen-bond acceptors (Lipinski definition) is 6. The summed E-state index contributed by atoms with van der Waals surface area (Å²) in [5, 5.41) is 20.7. The van der Waals surface area contributed by atoms with Gasteiger partial charge in [-0.05, 0) is 30.0 Å². The highest BCUT2D eigenvalue weighted by Crippen LogP contribution is 2.34. The molecule has 2 heterocycles. The van der Waals surface area contributed by atoms with Gasteiger partial charge in [0.2, 0.25) is 0 Å². The zero-order chi connectivity index (χ0) is 16.6. The zero-order valence-electron chi connectivity index (χ0n) is 11.3. The lowest BCUT2D eigenvalue weighted by molar-refractivity contribution is -0.384. The number of carbonyl (C=O) groups excluding carboxylic acids is 1. The molecule has 116 valence electrons. The highest BCUT2D eigenvalue weighted by Gasteiger charge is 2.23. The van der Waals surface area contributed by atoms with Crippen LogP contribution in [0.25, 0.3) is 17.4 Å². The van der Waals surface area contributed by atoms with E-state index in [0.29, 0.717) is 26.5 Å². The van der Waals surface area contributed by atoms with Crippen molar-refractivity contribution >= 4 is 50.5 Å². The van der Waals surface area contributed by atoms with E-state index in [-0.39, 0.29) is 16.8 Å². The van der Waals surface area contributed by atoms with E-state index in [1.807, 2.05) is 0 Å². The number of nitrogens with zero attached hydrogens (tertiary/aromatic N) is 1. The van der Waals surface area contributed by atoms with Gasteiger partial charge in [0.05, 0.1) is 9.83 Å². The number of halogens is 1. The van der Waals surface area contributed by atoms with Crippen molar-refractivity contribution in [2.24, 2.45) is 0 Å². The first-order valence-electron chi connectivity index (χ1n) is 6.27. The van der Waals surface area contributed by atoms with Gasteiger partial charge >= 0.3 is 0 Å². The van der Waals surface area contributed by atoms with E-state index in [1.54, 1.807) is 18.2 Å². The number of rotatable bonds is 3. The van der Waals surface area contributed by atoms with Gasteiger partial charge in [0.1, 0.15) is 11.5 Å². The van der Waals surface area contributed by atoms with Gasteiger partial charge in [0.25, 0.3) is 11.6 Å². The van der Waals surface area contributed by atoms with Crippen molar-refractivity contribution < 1.29 is 14.1 Å². The minimum absolute atomic E-state index is 0.0429. The van der Waals surface area contributed by atoms with Crippen molar-refractivity contribution in [3.63, 3.8) is 0 Å². The van der Waals surface area contributed by atoms with E-state index < -0.39 is 4.92 Å². The van der Waals surface area contributed by atoms with E-state index >= 15 is 0 Å². The largest absolute Gasteiger partial charge is 0.457 e. The first kappa shape index (κ1) is 15.5. The Balaban J connectivity index is 1.95. The molecule has 23 heavy (non-hydrogen) atoms. The summed E-state index contributed by atoms with van der Waals surface area (Å²) in [6.45, 7) is 0. The average molecular weight is 394 g/mol. The minimum Gasteiger partial charge on any atom is -0.457 e. The maximum Gasteiger partial charge on any atom is 0.270 e. The fraction of sp³-hybridized carbons (Fsp3) is 0. The summed E-state index contributed by atoms with van der Waals surface area (Å²) in [5.41, 5.74) is 0.499. The third kappa shape index (κ3) is 3.20. The number of non-ortho nitro benzene ring substituents is 1. The molecule has 0 spiro atoms. The maximum atomic E-state index is 11.6. The Morgan fingerprint density at radius 2 is 2.13 bits per heavy atom. The van der Waals surface area contributed by atoms with Crippen LogP contribution in [0.15, 0.2) is 44.1 Å².